The molecule has 11 heteroatoms. The number of carbonyl (C=O) groups excluding carboxylic acids is 1. The van der Waals surface area contributed by atoms with E-state index in [-0.39, 0.29) is 17.5 Å². The Bertz CT molecular complexity index is 1370. The van der Waals surface area contributed by atoms with Crippen LogP contribution >= 0.6 is 0 Å². The first-order valence-corrected chi connectivity index (χ1v) is 11.8. The second-order valence-electron chi connectivity index (χ2n) is 8.66. The number of para-hydroxylation sites is 1. The number of amides is 2. The summed E-state index contributed by atoms with van der Waals surface area (Å²) in [5.41, 5.74) is -0.407. The number of urea groups is 1. The highest BCUT2D eigenvalue weighted by atomic mass is 19.4. The van der Waals surface area contributed by atoms with Gasteiger partial charge < -0.3 is 20.1 Å². The molecule has 0 aliphatic heterocycles. The lowest BCUT2D eigenvalue weighted by Gasteiger charge is -2.37. The Kier molecular flexibility index (Phi) is 8.22. The van der Waals surface area contributed by atoms with Gasteiger partial charge in [-0.1, -0.05) is 72.8 Å². The first kappa shape index (κ1) is 28.3. The van der Waals surface area contributed by atoms with Crippen LogP contribution < -0.4 is 20.1 Å². The van der Waals surface area contributed by atoms with Crippen LogP contribution in [0, 0.1) is 0 Å². The van der Waals surface area contributed by atoms with E-state index in [0.717, 1.165) is 24.3 Å². The number of halogens is 6. The fraction of sp³-hybridized carbons (Fsp3) is 0.138. The van der Waals surface area contributed by atoms with E-state index < -0.39 is 35.8 Å². The van der Waals surface area contributed by atoms with Crippen LogP contribution in [0.2, 0.25) is 0 Å². The molecule has 0 unspecified atom stereocenters. The van der Waals surface area contributed by atoms with Crippen molar-refractivity contribution in [3.05, 3.63) is 126 Å². The lowest BCUT2D eigenvalue weighted by molar-refractivity contribution is -0.275. The van der Waals surface area contributed by atoms with Gasteiger partial charge in [0, 0.05) is 12.1 Å². The molecule has 5 nitrogen and oxygen atoms in total. The summed E-state index contributed by atoms with van der Waals surface area (Å²) in [7, 11) is 0. The van der Waals surface area contributed by atoms with Gasteiger partial charge in [0.25, 0.3) is 0 Å². The first-order valence-electron chi connectivity index (χ1n) is 11.8. The molecular formula is C29H22F6N2O3. The summed E-state index contributed by atoms with van der Waals surface area (Å²) < 4.78 is 86.7. The molecule has 4 aromatic carbocycles. The van der Waals surface area contributed by atoms with Gasteiger partial charge in [-0.3, -0.25) is 0 Å². The number of benzene rings is 4. The second-order valence-corrected chi connectivity index (χ2v) is 8.66. The van der Waals surface area contributed by atoms with Crippen LogP contribution in [0.1, 0.15) is 16.7 Å². The number of carbonyl (C=O) groups is 1. The van der Waals surface area contributed by atoms with Gasteiger partial charge in [-0.15, -0.1) is 26.3 Å². The van der Waals surface area contributed by atoms with Crippen LogP contribution in [0.4, 0.5) is 36.8 Å². The van der Waals surface area contributed by atoms with E-state index in [4.69, 9.17) is 0 Å². The highest BCUT2D eigenvalue weighted by Crippen LogP contribution is 2.38. The zero-order valence-electron chi connectivity index (χ0n) is 20.6. The van der Waals surface area contributed by atoms with Crippen molar-refractivity contribution in [3.63, 3.8) is 0 Å². The van der Waals surface area contributed by atoms with Crippen LogP contribution in [0.25, 0.3) is 0 Å². The fourth-order valence-corrected chi connectivity index (χ4v) is 4.26. The van der Waals surface area contributed by atoms with Crippen molar-refractivity contribution in [2.45, 2.75) is 24.7 Å². The molecule has 0 aromatic heterocycles. The van der Waals surface area contributed by atoms with Gasteiger partial charge in [-0.2, -0.15) is 0 Å². The van der Waals surface area contributed by atoms with Crippen molar-refractivity contribution in [2.24, 2.45) is 0 Å². The van der Waals surface area contributed by atoms with E-state index in [9.17, 15) is 31.1 Å². The fourth-order valence-electron chi connectivity index (χ4n) is 4.26. The minimum atomic E-state index is -5.00. The summed E-state index contributed by atoms with van der Waals surface area (Å²) >= 11 is 0. The third-order valence-corrected chi connectivity index (χ3v) is 5.79. The molecule has 0 bridgehead atoms. The third-order valence-electron chi connectivity index (χ3n) is 5.79. The van der Waals surface area contributed by atoms with Gasteiger partial charge in [0.1, 0.15) is 11.5 Å². The Morgan fingerprint density at radius 1 is 0.625 bits per heavy atom. The summed E-state index contributed by atoms with van der Waals surface area (Å²) in [6.07, 6.45) is -10.1. The number of nitrogens with one attached hydrogen (secondary N) is 2. The van der Waals surface area contributed by atoms with Crippen molar-refractivity contribution >= 4 is 11.7 Å². The molecule has 0 aliphatic rings. The molecule has 0 heterocycles. The Morgan fingerprint density at radius 3 is 1.57 bits per heavy atom. The van der Waals surface area contributed by atoms with Crippen LogP contribution in [-0.4, -0.2) is 18.8 Å². The third kappa shape index (κ3) is 7.68. The quantitative estimate of drug-likeness (QED) is 0.216. The van der Waals surface area contributed by atoms with Crippen LogP contribution in [0.15, 0.2) is 109 Å². The summed E-state index contributed by atoms with van der Waals surface area (Å²) in [6.45, 7) is 0. The predicted octanol–water partition coefficient (Wildman–Crippen LogP) is 7.79. The number of ether oxygens (including phenoxy) is 2. The van der Waals surface area contributed by atoms with Crippen LogP contribution in [0.5, 0.6) is 11.5 Å². The van der Waals surface area contributed by atoms with Gasteiger partial charge in [0.2, 0.25) is 0 Å². The molecular weight excluding hydrogens is 538 g/mol. The van der Waals surface area contributed by atoms with Gasteiger partial charge in [0.15, 0.2) is 0 Å². The lowest BCUT2D eigenvalue weighted by atomic mass is 9.77. The Balaban J connectivity index is 1.89. The molecule has 0 radical (unpaired) electrons. The largest absolute Gasteiger partial charge is 0.573 e. The molecule has 0 aliphatic carbocycles. The second kappa shape index (κ2) is 11.6. The monoisotopic (exact) mass is 560 g/mol. The van der Waals surface area contributed by atoms with E-state index in [0.29, 0.717) is 11.3 Å². The lowest BCUT2D eigenvalue weighted by Crippen LogP contribution is -2.50. The highest BCUT2D eigenvalue weighted by Gasteiger charge is 2.39. The minimum Gasteiger partial charge on any atom is -0.406 e. The summed E-state index contributed by atoms with van der Waals surface area (Å²) in [5.74, 6) is -1.15. The van der Waals surface area contributed by atoms with Crippen molar-refractivity contribution < 1.29 is 40.6 Å². The van der Waals surface area contributed by atoms with Gasteiger partial charge >= 0.3 is 18.8 Å². The molecule has 4 aromatic rings. The minimum absolute atomic E-state index is 0.0546. The average Bonchev–Trinajstić information content (AvgIpc) is 2.88. The van der Waals surface area contributed by atoms with E-state index in [2.05, 4.69) is 20.1 Å². The number of hydrogen-bond acceptors (Lipinski definition) is 3. The first-order chi connectivity index (χ1) is 18.9. The molecule has 208 valence electrons. The van der Waals surface area contributed by atoms with E-state index in [1.807, 2.05) is 0 Å². The van der Waals surface area contributed by atoms with Gasteiger partial charge in [0.05, 0.1) is 5.54 Å². The maximum Gasteiger partial charge on any atom is 0.573 e. The number of anilines is 1. The summed E-state index contributed by atoms with van der Waals surface area (Å²) in [5, 5.41) is 5.47. The topological polar surface area (TPSA) is 59.6 Å². The smallest absolute Gasteiger partial charge is 0.406 e. The molecule has 4 rings (SSSR count). The molecule has 0 saturated heterocycles. The van der Waals surface area contributed by atoms with Gasteiger partial charge in [-0.05, 0) is 53.1 Å². The van der Waals surface area contributed by atoms with Crippen molar-refractivity contribution in [1.82, 2.24) is 5.32 Å². The summed E-state index contributed by atoms with van der Waals surface area (Å²) in [6, 6.07) is 26.0. The van der Waals surface area contributed by atoms with Crippen LogP contribution in [-0.2, 0) is 12.0 Å². The average molecular weight is 560 g/mol. The van der Waals surface area contributed by atoms with Crippen LogP contribution in [0.3, 0.4) is 0 Å². The van der Waals surface area contributed by atoms with E-state index in [1.165, 1.54) is 24.3 Å². The van der Waals surface area contributed by atoms with Gasteiger partial charge in [-0.25, -0.2) is 4.79 Å². The summed E-state index contributed by atoms with van der Waals surface area (Å²) in [4.78, 5) is 13.3. The number of hydrogen-bond donors (Lipinski definition) is 2. The molecule has 0 atom stereocenters. The predicted molar refractivity (Wildman–Crippen MR) is 136 cm³/mol. The molecule has 40 heavy (non-hydrogen) atoms. The molecule has 0 saturated carbocycles. The zero-order valence-corrected chi connectivity index (χ0v) is 20.6. The highest BCUT2D eigenvalue weighted by molar-refractivity contribution is 5.90. The number of alkyl halides is 6. The van der Waals surface area contributed by atoms with Crippen molar-refractivity contribution in [3.8, 4) is 11.5 Å². The maximum absolute atomic E-state index is 13.3. The van der Waals surface area contributed by atoms with E-state index in [1.54, 1.807) is 60.7 Å². The zero-order chi connectivity index (χ0) is 28.8. The van der Waals surface area contributed by atoms with Crippen molar-refractivity contribution in [1.29, 1.82) is 0 Å². The molecule has 2 N–H and O–H groups in total. The Morgan fingerprint density at radius 2 is 1.10 bits per heavy atom. The Hall–Kier alpha value is -4.67. The number of rotatable bonds is 8. The Labute approximate surface area is 225 Å². The normalized spacial score (nSPS) is 11.9. The molecule has 0 fully saturated rings. The maximum atomic E-state index is 13.3. The molecule has 0 spiro atoms. The SMILES string of the molecule is O=C(Nc1ccccc1)NC(Cc1ccccc1)(c1cccc(OC(F)(F)F)c1)c1cccc(OC(F)(F)F)c1. The standard InChI is InChI=1S/C29H22F6N2O3/c30-28(31,32)39-24-15-7-11-21(17-24)27(19-20-9-3-1-4-10-20,37-26(38)36-23-13-5-2-6-14-23)22-12-8-16-25(18-22)40-29(33,34)35/h1-18H,19H2,(H2,36,37,38). The molecule has 2 amide bonds. The van der Waals surface area contributed by atoms with Crippen molar-refractivity contribution in [2.75, 3.05) is 5.32 Å². The van der Waals surface area contributed by atoms with E-state index >= 15 is 0 Å².